The van der Waals surface area contributed by atoms with Crippen molar-refractivity contribution in [2.24, 2.45) is 5.92 Å². The van der Waals surface area contributed by atoms with Gasteiger partial charge in [-0.1, -0.05) is 19.9 Å². The molecule has 0 unspecified atom stereocenters. The normalized spacial score (nSPS) is 10.5. The van der Waals surface area contributed by atoms with Gasteiger partial charge in [-0.2, -0.15) is 0 Å². The molecule has 0 saturated heterocycles. The van der Waals surface area contributed by atoms with Gasteiger partial charge in [0.1, 0.15) is 6.54 Å². The summed E-state index contributed by atoms with van der Waals surface area (Å²) in [4.78, 5) is 24.0. The highest BCUT2D eigenvalue weighted by atomic mass is 19.1. The quantitative estimate of drug-likeness (QED) is 0.837. The number of carboxylic acids is 1. The van der Waals surface area contributed by atoms with Crippen molar-refractivity contribution in [1.82, 2.24) is 4.90 Å². The predicted molar refractivity (Wildman–Crippen MR) is 75.7 cm³/mol. The Bertz CT molecular complexity index is 516. The highest BCUT2D eigenvalue weighted by Gasteiger charge is 2.19. The second-order valence-corrected chi connectivity index (χ2v) is 5.28. The molecule has 116 valence electrons. The first kappa shape index (κ1) is 16.9. The molecule has 1 N–H and O–H groups in total. The SMILES string of the molecule is Cc1ccc(F)c(OCC(=O)N(CC(=O)O)CC(C)C)c1. The molecule has 1 amide bonds. The number of halogens is 1. The van der Waals surface area contributed by atoms with Crippen molar-refractivity contribution in [2.45, 2.75) is 20.8 Å². The lowest BCUT2D eigenvalue weighted by Gasteiger charge is -2.22. The van der Waals surface area contributed by atoms with Crippen LogP contribution in [0.25, 0.3) is 0 Å². The molecule has 21 heavy (non-hydrogen) atoms. The van der Waals surface area contributed by atoms with Gasteiger partial charge in [0.25, 0.3) is 5.91 Å². The molecule has 0 aliphatic rings. The number of carbonyl (C=O) groups is 2. The van der Waals surface area contributed by atoms with Crippen LogP contribution >= 0.6 is 0 Å². The second-order valence-electron chi connectivity index (χ2n) is 5.28. The number of nitrogens with zero attached hydrogens (tertiary/aromatic N) is 1. The first-order chi connectivity index (χ1) is 9.79. The van der Waals surface area contributed by atoms with Gasteiger partial charge in [0, 0.05) is 6.54 Å². The van der Waals surface area contributed by atoms with Crippen molar-refractivity contribution < 1.29 is 23.8 Å². The molecule has 0 aliphatic carbocycles. The van der Waals surface area contributed by atoms with E-state index in [9.17, 15) is 14.0 Å². The maximum absolute atomic E-state index is 13.5. The van der Waals surface area contributed by atoms with E-state index in [2.05, 4.69) is 0 Å². The molecule has 0 aliphatic heterocycles. The molecule has 0 bridgehead atoms. The molecule has 5 nitrogen and oxygen atoms in total. The number of amides is 1. The van der Waals surface area contributed by atoms with Gasteiger partial charge in [-0.05, 0) is 30.5 Å². The van der Waals surface area contributed by atoms with Crippen molar-refractivity contribution in [3.05, 3.63) is 29.6 Å². The number of aryl methyl sites for hydroxylation is 1. The van der Waals surface area contributed by atoms with Crippen LogP contribution in [0.4, 0.5) is 4.39 Å². The van der Waals surface area contributed by atoms with E-state index in [-0.39, 0.29) is 18.3 Å². The lowest BCUT2D eigenvalue weighted by molar-refractivity contribution is -0.145. The molecule has 1 aromatic carbocycles. The number of hydrogen-bond donors (Lipinski definition) is 1. The topological polar surface area (TPSA) is 66.8 Å². The number of aliphatic carboxylic acids is 1. The number of ether oxygens (including phenoxy) is 1. The first-order valence-corrected chi connectivity index (χ1v) is 6.68. The highest BCUT2D eigenvalue weighted by molar-refractivity contribution is 5.82. The fourth-order valence-electron chi connectivity index (χ4n) is 1.81. The zero-order valence-corrected chi connectivity index (χ0v) is 12.4. The van der Waals surface area contributed by atoms with Gasteiger partial charge in [-0.3, -0.25) is 9.59 Å². The summed E-state index contributed by atoms with van der Waals surface area (Å²) in [6.07, 6.45) is 0. The summed E-state index contributed by atoms with van der Waals surface area (Å²) in [5.74, 6) is -2.01. The van der Waals surface area contributed by atoms with Crippen molar-refractivity contribution >= 4 is 11.9 Å². The first-order valence-electron chi connectivity index (χ1n) is 6.68. The average molecular weight is 297 g/mol. The Morgan fingerprint density at radius 3 is 2.62 bits per heavy atom. The Kier molecular flexibility index (Phi) is 6.14. The van der Waals surface area contributed by atoms with Crippen LogP contribution in [-0.4, -0.2) is 41.6 Å². The molecule has 0 aromatic heterocycles. The van der Waals surface area contributed by atoms with E-state index in [1.165, 1.54) is 17.0 Å². The van der Waals surface area contributed by atoms with Crippen molar-refractivity contribution in [3.8, 4) is 5.75 Å². The Morgan fingerprint density at radius 2 is 2.05 bits per heavy atom. The van der Waals surface area contributed by atoms with E-state index in [4.69, 9.17) is 9.84 Å². The molecule has 6 heteroatoms. The summed E-state index contributed by atoms with van der Waals surface area (Å²) >= 11 is 0. The summed E-state index contributed by atoms with van der Waals surface area (Å²) in [7, 11) is 0. The fourth-order valence-corrected chi connectivity index (χ4v) is 1.81. The lowest BCUT2D eigenvalue weighted by Crippen LogP contribution is -2.40. The molecule has 0 atom stereocenters. The molecule has 0 heterocycles. The Labute approximate surface area is 123 Å². The van der Waals surface area contributed by atoms with Gasteiger partial charge in [0.2, 0.25) is 0 Å². The lowest BCUT2D eigenvalue weighted by atomic mass is 10.2. The number of benzene rings is 1. The van der Waals surface area contributed by atoms with Gasteiger partial charge in [0.15, 0.2) is 18.2 Å². The minimum absolute atomic E-state index is 0.0110. The van der Waals surface area contributed by atoms with E-state index >= 15 is 0 Å². The van der Waals surface area contributed by atoms with E-state index in [0.29, 0.717) is 6.54 Å². The summed E-state index contributed by atoms with van der Waals surface area (Å²) in [6, 6.07) is 4.35. The molecule has 0 radical (unpaired) electrons. The molecule has 0 fully saturated rings. The second kappa shape index (κ2) is 7.61. The van der Waals surface area contributed by atoms with Crippen molar-refractivity contribution in [1.29, 1.82) is 0 Å². The van der Waals surface area contributed by atoms with E-state index in [0.717, 1.165) is 5.56 Å². The monoisotopic (exact) mass is 297 g/mol. The van der Waals surface area contributed by atoms with Crippen LogP contribution in [0.3, 0.4) is 0 Å². The number of rotatable bonds is 7. The maximum Gasteiger partial charge on any atom is 0.323 e. The van der Waals surface area contributed by atoms with E-state index in [1.54, 1.807) is 13.0 Å². The molecular weight excluding hydrogens is 277 g/mol. The Balaban J connectivity index is 2.68. The van der Waals surface area contributed by atoms with Crippen LogP contribution in [0.15, 0.2) is 18.2 Å². The van der Waals surface area contributed by atoms with E-state index < -0.39 is 24.2 Å². The van der Waals surface area contributed by atoms with Crippen LogP contribution in [0, 0.1) is 18.7 Å². The Morgan fingerprint density at radius 1 is 1.38 bits per heavy atom. The van der Waals surface area contributed by atoms with Crippen LogP contribution in [-0.2, 0) is 9.59 Å². The number of carboxylic acid groups (broad SMARTS) is 1. The third kappa shape index (κ3) is 5.81. The third-order valence-electron chi connectivity index (χ3n) is 2.70. The molecule has 1 rings (SSSR count). The van der Waals surface area contributed by atoms with Crippen LogP contribution < -0.4 is 4.74 Å². The van der Waals surface area contributed by atoms with E-state index in [1.807, 2.05) is 13.8 Å². The molecule has 0 spiro atoms. The summed E-state index contributed by atoms with van der Waals surface area (Å²) in [5, 5.41) is 8.82. The van der Waals surface area contributed by atoms with Crippen molar-refractivity contribution in [2.75, 3.05) is 19.7 Å². The standard InChI is InChI=1S/C15H20FNO4/c1-10(2)7-17(8-15(19)20)14(18)9-21-13-6-11(3)4-5-12(13)16/h4-6,10H,7-9H2,1-3H3,(H,19,20). The molecular formula is C15H20FNO4. The van der Waals surface area contributed by atoms with Crippen LogP contribution in [0.1, 0.15) is 19.4 Å². The van der Waals surface area contributed by atoms with Crippen molar-refractivity contribution in [3.63, 3.8) is 0 Å². The van der Waals surface area contributed by atoms with Gasteiger partial charge in [-0.15, -0.1) is 0 Å². The van der Waals surface area contributed by atoms with Gasteiger partial charge < -0.3 is 14.7 Å². The number of hydrogen-bond acceptors (Lipinski definition) is 3. The smallest absolute Gasteiger partial charge is 0.323 e. The van der Waals surface area contributed by atoms with Gasteiger partial charge in [0.05, 0.1) is 0 Å². The molecule has 1 aromatic rings. The summed E-state index contributed by atoms with van der Waals surface area (Å²) in [6.45, 7) is 5.07. The third-order valence-corrected chi connectivity index (χ3v) is 2.70. The predicted octanol–water partition coefficient (Wildman–Crippen LogP) is 2.08. The van der Waals surface area contributed by atoms with Crippen LogP contribution in [0.2, 0.25) is 0 Å². The average Bonchev–Trinajstić information content (AvgIpc) is 2.37. The highest BCUT2D eigenvalue weighted by Crippen LogP contribution is 2.18. The van der Waals surface area contributed by atoms with Gasteiger partial charge in [-0.25, -0.2) is 4.39 Å². The largest absolute Gasteiger partial charge is 0.481 e. The zero-order valence-electron chi connectivity index (χ0n) is 12.4. The minimum Gasteiger partial charge on any atom is -0.481 e. The fraction of sp³-hybridized carbons (Fsp3) is 0.467. The summed E-state index contributed by atoms with van der Waals surface area (Å²) in [5.41, 5.74) is 0.809. The minimum atomic E-state index is -1.09. The number of carbonyl (C=O) groups excluding carboxylic acids is 1. The van der Waals surface area contributed by atoms with Gasteiger partial charge >= 0.3 is 5.97 Å². The zero-order chi connectivity index (χ0) is 16.0. The molecule has 0 saturated carbocycles. The summed E-state index contributed by atoms with van der Waals surface area (Å²) < 4.78 is 18.7. The maximum atomic E-state index is 13.5. The van der Waals surface area contributed by atoms with Crippen LogP contribution in [0.5, 0.6) is 5.75 Å². The Hall–Kier alpha value is -2.11.